The molecule has 1 N–H and O–H groups in total. The number of methoxy groups -OCH3 is 1. The second kappa shape index (κ2) is 10.7. The molecule has 32 heavy (non-hydrogen) atoms. The summed E-state index contributed by atoms with van der Waals surface area (Å²) >= 11 is 0. The molecular weight excluding hydrogens is 398 g/mol. The van der Waals surface area contributed by atoms with Crippen LogP contribution >= 0.6 is 0 Å². The van der Waals surface area contributed by atoms with E-state index >= 15 is 0 Å². The Morgan fingerprint density at radius 1 is 0.875 bits per heavy atom. The summed E-state index contributed by atoms with van der Waals surface area (Å²) in [4.78, 5) is 13.0. The molecule has 166 valence electrons. The number of carbonyl (C=O) groups excluding carboxylic acids is 1. The largest absolute Gasteiger partial charge is 0.497 e. The van der Waals surface area contributed by atoms with Crippen LogP contribution in [-0.4, -0.2) is 26.2 Å². The number of rotatable bonds is 8. The average Bonchev–Trinajstić information content (AvgIpc) is 2.81. The summed E-state index contributed by atoms with van der Waals surface area (Å²) in [6.45, 7) is 7.35. The van der Waals surface area contributed by atoms with E-state index in [2.05, 4.69) is 38.2 Å². The Labute approximate surface area is 190 Å². The zero-order valence-corrected chi connectivity index (χ0v) is 19.2. The number of carbonyl (C=O) groups is 1. The first kappa shape index (κ1) is 23.1. The van der Waals surface area contributed by atoms with Crippen LogP contribution in [0.25, 0.3) is 11.6 Å². The van der Waals surface area contributed by atoms with E-state index in [1.165, 1.54) is 5.56 Å². The Balaban J connectivity index is 1.63. The lowest BCUT2D eigenvalue weighted by Crippen LogP contribution is -2.28. The summed E-state index contributed by atoms with van der Waals surface area (Å²) in [6.07, 6.45) is 1.89. The molecule has 0 saturated heterocycles. The summed E-state index contributed by atoms with van der Waals surface area (Å²) in [5.74, 6) is 1.43. The molecule has 0 aliphatic heterocycles. The van der Waals surface area contributed by atoms with E-state index in [1.54, 1.807) is 7.11 Å². The molecule has 0 saturated carbocycles. The molecule has 0 aromatic heterocycles. The molecule has 0 unspecified atom stereocenters. The van der Waals surface area contributed by atoms with Crippen LogP contribution in [-0.2, 0) is 10.2 Å². The van der Waals surface area contributed by atoms with E-state index < -0.39 is 0 Å². The van der Waals surface area contributed by atoms with Crippen LogP contribution in [0.2, 0.25) is 0 Å². The molecule has 0 aliphatic carbocycles. The third kappa shape index (κ3) is 6.48. The number of hydrogen-bond acceptors (Lipinski definition) is 3. The molecule has 0 fully saturated rings. The maximum absolute atomic E-state index is 13.0. The molecule has 1 amide bonds. The fourth-order valence-electron chi connectivity index (χ4n) is 3.24. The van der Waals surface area contributed by atoms with Gasteiger partial charge in [0, 0.05) is 5.57 Å². The first-order chi connectivity index (χ1) is 15.4. The summed E-state index contributed by atoms with van der Waals surface area (Å²) in [5.41, 5.74) is 3.76. The Bertz CT molecular complexity index is 1030. The molecule has 0 spiro atoms. The molecule has 4 heteroatoms. The van der Waals surface area contributed by atoms with Gasteiger partial charge >= 0.3 is 0 Å². The number of nitrogens with one attached hydrogen (secondary N) is 1. The minimum absolute atomic E-state index is 0.108. The van der Waals surface area contributed by atoms with Gasteiger partial charge in [0.25, 0.3) is 5.91 Å². The lowest BCUT2D eigenvalue weighted by molar-refractivity contribution is -0.115. The summed E-state index contributed by atoms with van der Waals surface area (Å²) in [6, 6.07) is 25.4. The SMILES string of the molecule is COc1ccc(/C=C(/C(=O)NCCOc2ccc(C(C)(C)C)cc2)c2ccccc2)cc1. The fourth-order valence-corrected chi connectivity index (χ4v) is 3.24. The number of benzene rings is 3. The van der Waals surface area contributed by atoms with Crippen molar-refractivity contribution in [3.63, 3.8) is 0 Å². The molecule has 0 aliphatic rings. The molecule has 0 heterocycles. The van der Waals surface area contributed by atoms with Crippen molar-refractivity contribution in [3.05, 3.63) is 95.6 Å². The Kier molecular flexibility index (Phi) is 7.72. The number of amides is 1. The van der Waals surface area contributed by atoms with Gasteiger partial charge in [0.2, 0.25) is 0 Å². The second-order valence-corrected chi connectivity index (χ2v) is 8.58. The van der Waals surface area contributed by atoms with Gasteiger partial charge in [-0.2, -0.15) is 0 Å². The van der Waals surface area contributed by atoms with E-state index in [-0.39, 0.29) is 11.3 Å². The topological polar surface area (TPSA) is 47.6 Å². The van der Waals surface area contributed by atoms with Gasteiger partial charge in [0.05, 0.1) is 13.7 Å². The standard InChI is InChI=1S/C28H31NO3/c1-28(2,3)23-12-16-25(17-13-23)32-19-18-29-27(30)26(22-8-6-5-7-9-22)20-21-10-14-24(31-4)15-11-21/h5-17,20H,18-19H2,1-4H3,(H,29,30)/b26-20+. The zero-order chi connectivity index (χ0) is 23.0. The van der Waals surface area contributed by atoms with E-state index in [0.29, 0.717) is 18.7 Å². The van der Waals surface area contributed by atoms with Gasteiger partial charge in [0.1, 0.15) is 18.1 Å². The van der Waals surface area contributed by atoms with Gasteiger partial charge in [0.15, 0.2) is 0 Å². The van der Waals surface area contributed by atoms with Crippen LogP contribution in [0.1, 0.15) is 37.5 Å². The highest BCUT2D eigenvalue weighted by Gasteiger charge is 2.14. The molecule has 0 radical (unpaired) electrons. The summed E-state index contributed by atoms with van der Waals surface area (Å²) in [5, 5.41) is 2.97. The third-order valence-corrected chi connectivity index (χ3v) is 5.13. The first-order valence-electron chi connectivity index (χ1n) is 10.8. The molecule has 3 rings (SSSR count). The van der Waals surface area contributed by atoms with Crippen LogP contribution in [0.5, 0.6) is 11.5 Å². The molecule has 0 atom stereocenters. The Morgan fingerprint density at radius 3 is 2.09 bits per heavy atom. The predicted octanol–water partition coefficient (Wildman–Crippen LogP) is 5.73. The summed E-state index contributed by atoms with van der Waals surface area (Å²) < 4.78 is 11.0. The van der Waals surface area contributed by atoms with Crippen molar-refractivity contribution >= 4 is 17.6 Å². The maximum Gasteiger partial charge on any atom is 0.252 e. The van der Waals surface area contributed by atoms with Gasteiger partial charge in [-0.15, -0.1) is 0 Å². The molecule has 3 aromatic rings. The van der Waals surface area contributed by atoms with Crippen LogP contribution in [0, 0.1) is 0 Å². The van der Waals surface area contributed by atoms with Gasteiger partial charge in [-0.1, -0.05) is 75.4 Å². The van der Waals surface area contributed by atoms with E-state index in [1.807, 2.05) is 72.8 Å². The highest BCUT2D eigenvalue weighted by atomic mass is 16.5. The average molecular weight is 430 g/mol. The fraction of sp³-hybridized carbons (Fsp3) is 0.250. The molecule has 0 bridgehead atoms. The predicted molar refractivity (Wildman–Crippen MR) is 131 cm³/mol. The smallest absolute Gasteiger partial charge is 0.252 e. The van der Waals surface area contributed by atoms with Crippen molar-refractivity contribution in [1.82, 2.24) is 5.32 Å². The van der Waals surface area contributed by atoms with Gasteiger partial charge < -0.3 is 14.8 Å². The van der Waals surface area contributed by atoms with Crippen molar-refractivity contribution in [1.29, 1.82) is 0 Å². The lowest BCUT2D eigenvalue weighted by Gasteiger charge is -2.19. The van der Waals surface area contributed by atoms with Crippen LogP contribution in [0.4, 0.5) is 0 Å². The van der Waals surface area contributed by atoms with Crippen LogP contribution in [0.15, 0.2) is 78.9 Å². The normalized spacial score (nSPS) is 11.7. The highest BCUT2D eigenvalue weighted by molar-refractivity contribution is 6.24. The van der Waals surface area contributed by atoms with Crippen LogP contribution in [0.3, 0.4) is 0 Å². The van der Waals surface area contributed by atoms with Crippen LogP contribution < -0.4 is 14.8 Å². The van der Waals surface area contributed by atoms with Gasteiger partial charge in [-0.05, 0) is 52.4 Å². The number of hydrogen-bond donors (Lipinski definition) is 1. The summed E-state index contributed by atoms with van der Waals surface area (Å²) in [7, 11) is 1.63. The maximum atomic E-state index is 13.0. The Hall–Kier alpha value is -3.53. The molecular formula is C28H31NO3. The zero-order valence-electron chi connectivity index (χ0n) is 19.2. The molecule has 3 aromatic carbocycles. The lowest BCUT2D eigenvalue weighted by atomic mass is 9.87. The van der Waals surface area contributed by atoms with Crippen molar-refractivity contribution in [2.75, 3.05) is 20.3 Å². The van der Waals surface area contributed by atoms with Crippen molar-refractivity contribution in [2.45, 2.75) is 26.2 Å². The third-order valence-electron chi connectivity index (χ3n) is 5.13. The van der Waals surface area contributed by atoms with Gasteiger partial charge in [-0.25, -0.2) is 0 Å². The van der Waals surface area contributed by atoms with E-state index in [0.717, 1.165) is 22.6 Å². The van der Waals surface area contributed by atoms with Gasteiger partial charge in [-0.3, -0.25) is 4.79 Å². The Morgan fingerprint density at radius 2 is 1.50 bits per heavy atom. The quantitative estimate of drug-likeness (QED) is 0.283. The highest BCUT2D eigenvalue weighted by Crippen LogP contribution is 2.24. The van der Waals surface area contributed by atoms with E-state index in [4.69, 9.17) is 9.47 Å². The van der Waals surface area contributed by atoms with Crippen molar-refractivity contribution in [3.8, 4) is 11.5 Å². The monoisotopic (exact) mass is 429 g/mol. The molecule has 4 nitrogen and oxygen atoms in total. The minimum Gasteiger partial charge on any atom is -0.497 e. The van der Waals surface area contributed by atoms with Crippen molar-refractivity contribution < 1.29 is 14.3 Å². The van der Waals surface area contributed by atoms with Crippen molar-refractivity contribution in [2.24, 2.45) is 0 Å². The first-order valence-corrected chi connectivity index (χ1v) is 10.8. The minimum atomic E-state index is -0.140. The van der Waals surface area contributed by atoms with E-state index in [9.17, 15) is 4.79 Å². The number of ether oxygens (including phenoxy) is 2. The second-order valence-electron chi connectivity index (χ2n) is 8.58.